The summed E-state index contributed by atoms with van der Waals surface area (Å²) in [5.74, 6) is -1.23. The molecule has 2 heterocycles. The first-order valence-corrected chi connectivity index (χ1v) is 16.6. The summed E-state index contributed by atoms with van der Waals surface area (Å²) in [7, 11) is 0. The molecule has 0 amide bonds. The van der Waals surface area contributed by atoms with Gasteiger partial charge in [-0.3, -0.25) is 4.79 Å². The first kappa shape index (κ1) is 34.1. The molecule has 0 aromatic heterocycles. The third-order valence-corrected chi connectivity index (χ3v) is 13.6. The fraction of sp³-hybridized carbons (Fsp3) is 0.824. The van der Waals surface area contributed by atoms with Crippen LogP contribution in [0.3, 0.4) is 0 Å². The molecule has 0 aromatic rings. The molecule has 1 saturated heterocycles. The minimum atomic E-state index is -1.86. The number of hydrogen-bond donors (Lipinski definition) is 7. The molecule has 6 aliphatic rings. The van der Waals surface area contributed by atoms with Crippen LogP contribution in [0.4, 0.5) is 0 Å². The maximum Gasteiger partial charge on any atom is 0.334 e. The summed E-state index contributed by atoms with van der Waals surface area (Å²) in [6, 6.07) is 0. The van der Waals surface area contributed by atoms with Crippen LogP contribution in [0.5, 0.6) is 0 Å². The SMILES string of the molecule is CC1=C(C)C(=O)O[C@H]([C@](C)(O)[C@]2(O)CC[C@@]3(O)[C@@H]4CC=C5CC(O[C@@H]6O[C@H](CO)[C@@H](O)[C@H](O)[C@H]6O)CC(=O)[C@]5(C)C4CC[C@]23C)C1. The summed E-state index contributed by atoms with van der Waals surface area (Å²) in [6.45, 7) is 8.13. The first-order chi connectivity index (χ1) is 21.4. The standard InChI is InChI=1S/C34H50O12/c1-16-12-24(46-28(40)17(16)2)32(5,41)34(43)11-10-33(42)21-7-6-18-13-19(44-29-27(39)26(38)25(37)22(15-35)45-29)14-23(36)31(18,4)20(21)8-9-30(33,34)3/h6,19-22,24-27,29,35,37-39,41-43H,7-15H2,1-5H3/t19?,20?,21-,22-,24+,25-,26+,27-,29-,30+,31+,32+,33-,34+/m1/s1. The Morgan fingerprint density at radius 3 is 2.33 bits per heavy atom. The van der Waals surface area contributed by atoms with Gasteiger partial charge in [0.1, 0.15) is 47.5 Å². The van der Waals surface area contributed by atoms with Crippen LogP contribution in [0.1, 0.15) is 86.0 Å². The normalized spacial score (nSPS) is 50.6. The lowest BCUT2D eigenvalue weighted by Gasteiger charge is -2.63. The van der Waals surface area contributed by atoms with Crippen LogP contribution in [0.15, 0.2) is 22.8 Å². The number of hydrogen-bond acceptors (Lipinski definition) is 12. The zero-order valence-electron chi connectivity index (χ0n) is 27.3. The summed E-state index contributed by atoms with van der Waals surface area (Å²) in [5, 5.41) is 77.5. The van der Waals surface area contributed by atoms with E-state index in [4.69, 9.17) is 14.2 Å². The van der Waals surface area contributed by atoms with Crippen molar-refractivity contribution in [2.75, 3.05) is 6.61 Å². The molecule has 0 aromatic carbocycles. The van der Waals surface area contributed by atoms with Gasteiger partial charge in [0.25, 0.3) is 0 Å². The van der Waals surface area contributed by atoms with Gasteiger partial charge in [0, 0.05) is 23.8 Å². The van der Waals surface area contributed by atoms with Gasteiger partial charge >= 0.3 is 5.97 Å². The molecule has 7 N–H and O–H groups in total. The molecule has 12 heteroatoms. The molecule has 46 heavy (non-hydrogen) atoms. The van der Waals surface area contributed by atoms with Crippen LogP contribution in [0.25, 0.3) is 0 Å². The van der Waals surface area contributed by atoms with E-state index in [0.717, 1.165) is 11.1 Å². The summed E-state index contributed by atoms with van der Waals surface area (Å²) in [4.78, 5) is 26.6. The Bertz CT molecular complexity index is 1340. The summed E-state index contributed by atoms with van der Waals surface area (Å²) < 4.78 is 17.2. The monoisotopic (exact) mass is 650 g/mol. The van der Waals surface area contributed by atoms with E-state index < -0.39 is 83.1 Å². The van der Waals surface area contributed by atoms with Crippen molar-refractivity contribution < 1.29 is 59.5 Å². The van der Waals surface area contributed by atoms with E-state index >= 15 is 0 Å². The maximum absolute atomic E-state index is 14.1. The second-order valence-corrected chi connectivity index (χ2v) is 15.5. The van der Waals surface area contributed by atoms with E-state index in [-0.39, 0.29) is 43.3 Å². The first-order valence-electron chi connectivity index (χ1n) is 16.6. The number of ketones is 1. The molecule has 6 rings (SSSR count). The number of fused-ring (bicyclic) bond motifs is 5. The van der Waals surface area contributed by atoms with Gasteiger partial charge in [-0.05, 0) is 78.1 Å². The molecule has 4 fully saturated rings. The number of rotatable bonds is 5. The number of carbonyl (C=O) groups excluding carboxylic acids is 2. The predicted molar refractivity (Wildman–Crippen MR) is 161 cm³/mol. The molecule has 2 aliphatic heterocycles. The Balaban J connectivity index is 1.25. The smallest absolute Gasteiger partial charge is 0.334 e. The number of cyclic esters (lactones) is 1. The van der Waals surface area contributed by atoms with E-state index in [1.165, 1.54) is 6.92 Å². The minimum Gasteiger partial charge on any atom is -0.455 e. The van der Waals surface area contributed by atoms with Crippen LogP contribution >= 0.6 is 0 Å². The number of aliphatic hydroxyl groups excluding tert-OH is 4. The molecule has 258 valence electrons. The van der Waals surface area contributed by atoms with Crippen LogP contribution < -0.4 is 0 Å². The number of Topliss-reactive ketones (excluding diaryl/α,β-unsaturated/α-hetero) is 1. The second kappa shape index (κ2) is 11.1. The Kier molecular flexibility index (Phi) is 8.27. The summed E-state index contributed by atoms with van der Waals surface area (Å²) >= 11 is 0. The van der Waals surface area contributed by atoms with Crippen LogP contribution in [-0.4, -0.2) is 114 Å². The Labute approximate surface area is 269 Å². The van der Waals surface area contributed by atoms with Crippen molar-refractivity contribution >= 4 is 11.8 Å². The molecule has 14 atom stereocenters. The molecule has 0 bridgehead atoms. The van der Waals surface area contributed by atoms with Gasteiger partial charge in [-0.1, -0.05) is 24.1 Å². The fourth-order valence-corrected chi connectivity index (χ4v) is 10.2. The number of esters is 1. The van der Waals surface area contributed by atoms with Crippen molar-refractivity contribution in [3.63, 3.8) is 0 Å². The lowest BCUT2D eigenvalue weighted by Crippen LogP contribution is -2.72. The maximum atomic E-state index is 14.1. The zero-order chi connectivity index (χ0) is 33.8. The topological polar surface area (TPSA) is 203 Å². The molecule has 12 nitrogen and oxygen atoms in total. The highest BCUT2D eigenvalue weighted by molar-refractivity contribution is 5.90. The van der Waals surface area contributed by atoms with Crippen LogP contribution in [0.2, 0.25) is 0 Å². The highest BCUT2D eigenvalue weighted by Gasteiger charge is 2.76. The molecule has 2 unspecified atom stereocenters. The molecule has 3 saturated carbocycles. The van der Waals surface area contributed by atoms with E-state index in [0.29, 0.717) is 31.3 Å². The van der Waals surface area contributed by atoms with Crippen molar-refractivity contribution in [3.05, 3.63) is 22.8 Å². The van der Waals surface area contributed by atoms with Crippen molar-refractivity contribution in [1.82, 2.24) is 0 Å². The van der Waals surface area contributed by atoms with Gasteiger partial charge in [0.2, 0.25) is 0 Å². The average Bonchev–Trinajstić information content (AvgIpc) is 3.23. The lowest BCUT2D eigenvalue weighted by molar-refractivity contribution is -0.312. The minimum absolute atomic E-state index is 0.000240. The van der Waals surface area contributed by atoms with Gasteiger partial charge in [-0.2, -0.15) is 0 Å². The van der Waals surface area contributed by atoms with Gasteiger partial charge in [-0.15, -0.1) is 0 Å². The van der Waals surface area contributed by atoms with Crippen LogP contribution in [-0.2, 0) is 23.8 Å². The molecule has 4 aliphatic carbocycles. The number of allylic oxidation sites excluding steroid dienone is 1. The molecular weight excluding hydrogens is 600 g/mol. The fourth-order valence-electron chi connectivity index (χ4n) is 10.2. The molecule has 0 radical (unpaired) electrons. The van der Waals surface area contributed by atoms with Crippen molar-refractivity contribution in [2.24, 2.45) is 22.7 Å². The number of ether oxygens (including phenoxy) is 3. The van der Waals surface area contributed by atoms with Gasteiger partial charge in [0.05, 0.1) is 23.7 Å². The lowest BCUT2D eigenvalue weighted by atomic mass is 9.44. The van der Waals surface area contributed by atoms with Gasteiger partial charge < -0.3 is 50.0 Å². The van der Waals surface area contributed by atoms with E-state index in [9.17, 15) is 45.3 Å². The Morgan fingerprint density at radius 2 is 1.67 bits per heavy atom. The van der Waals surface area contributed by atoms with Gasteiger partial charge in [0.15, 0.2) is 6.29 Å². The predicted octanol–water partition coefficient (Wildman–Crippen LogP) is 0.562. The molecule has 0 spiro atoms. The quantitative estimate of drug-likeness (QED) is 0.161. The third kappa shape index (κ3) is 4.44. The summed E-state index contributed by atoms with van der Waals surface area (Å²) in [5.41, 5.74) is -4.97. The highest BCUT2D eigenvalue weighted by Crippen LogP contribution is 2.70. The highest BCUT2D eigenvalue weighted by atomic mass is 16.7. The van der Waals surface area contributed by atoms with Crippen LogP contribution in [0, 0.1) is 22.7 Å². The number of carbonyl (C=O) groups is 2. The van der Waals surface area contributed by atoms with E-state index in [2.05, 4.69) is 0 Å². The third-order valence-electron chi connectivity index (χ3n) is 13.6. The van der Waals surface area contributed by atoms with Gasteiger partial charge in [-0.25, -0.2) is 4.79 Å². The average molecular weight is 651 g/mol. The molecular formula is C34H50O12. The Morgan fingerprint density at radius 1 is 0.978 bits per heavy atom. The largest absolute Gasteiger partial charge is 0.455 e. The van der Waals surface area contributed by atoms with Crippen molar-refractivity contribution in [2.45, 2.75) is 146 Å². The van der Waals surface area contributed by atoms with Crippen molar-refractivity contribution in [3.8, 4) is 0 Å². The summed E-state index contributed by atoms with van der Waals surface area (Å²) in [6.07, 6.45) is -4.59. The second-order valence-electron chi connectivity index (χ2n) is 15.5. The zero-order valence-corrected chi connectivity index (χ0v) is 27.3. The van der Waals surface area contributed by atoms with Crippen molar-refractivity contribution in [1.29, 1.82) is 0 Å². The van der Waals surface area contributed by atoms with E-state index in [1.807, 2.05) is 26.8 Å². The number of aliphatic hydroxyl groups is 7. The van der Waals surface area contributed by atoms with E-state index in [1.54, 1.807) is 6.92 Å². The Hall–Kier alpha value is -1.74.